The van der Waals surface area contributed by atoms with Crippen LogP contribution in [-0.4, -0.2) is 99.6 Å². The van der Waals surface area contributed by atoms with Gasteiger partial charge in [0.2, 0.25) is 5.91 Å². The van der Waals surface area contributed by atoms with Gasteiger partial charge in [0.05, 0.1) is 25.4 Å². The van der Waals surface area contributed by atoms with E-state index in [4.69, 9.17) is 14.2 Å². The average molecular weight is 1190 g/mol. The molecular weight excluding hydrogens is 1060 g/mol. The highest BCUT2D eigenvalue weighted by Gasteiger charge is 2.47. The molecule has 11 nitrogen and oxygen atoms in total. The fraction of sp³-hybridized carbons (Fsp3) is 0.784. The van der Waals surface area contributed by atoms with Gasteiger partial charge in [-0.15, -0.1) is 0 Å². The topological polar surface area (TPSA) is 175 Å². The predicted molar refractivity (Wildman–Crippen MR) is 356 cm³/mol. The quantitative estimate of drug-likeness (QED) is 0.0195. The first-order chi connectivity index (χ1) is 41.7. The molecule has 0 aliphatic carbocycles. The zero-order valence-electron chi connectivity index (χ0n) is 54.7. The van der Waals surface area contributed by atoms with Crippen molar-refractivity contribution in [3.63, 3.8) is 0 Å². The van der Waals surface area contributed by atoms with Crippen molar-refractivity contribution in [3.05, 3.63) is 85.1 Å². The van der Waals surface area contributed by atoms with Crippen LogP contribution in [0.3, 0.4) is 0 Å². The number of amides is 1. The molecule has 1 rings (SSSR count). The van der Waals surface area contributed by atoms with Crippen LogP contribution in [0.1, 0.15) is 310 Å². The third kappa shape index (κ3) is 48.4. The summed E-state index contributed by atoms with van der Waals surface area (Å²) in [5.74, 6) is -1.28. The first-order valence-electron chi connectivity index (χ1n) is 35.4. The highest BCUT2D eigenvalue weighted by atomic mass is 16.7. The second-order valence-electron chi connectivity index (χ2n) is 24.2. The lowest BCUT2D eigenvalue weighted by molar-refractivity contribution is -0.305. The molecule has 0 aromatic carbocycles. The van der Waals surface area contributed by atoms with Gasteiger partial charge >= 0.3 is 5.97 Å². The van der Waals surface area contributed by atoms with Gasteiger partial charge in [-0.25, -0.2) is 0 Å². The number of aliphatic hydroxyl groups is 5. The van der Waals surface area contributed by atoms with E-state index in [1.54, 1.807) is 6.08 Å². The molecule has 8 unspecified atom stereocenters. The number of hydrogen-bond donors (Lipinski definition) is 6. The van der Waals surface area contributed by atoms with Gasteiger partial charge in [-0.3, -0.25) is 9.59 Å². The normalized spacial score (nSPS) is 18.9. The highest BCUT2D eigenvalue weighted by Crippen LogP contribution is 2.26. The van der Waals surface area contributed by atoms with E-state index in [9.17, 15) is 35.1 Å². The van der Waals surface area contributed by atoms with Gasteiger partial charge in [0.15, 0.2) is 12.4 Å². The smallest absolute Gasteiger partial charge is 0.306 e. The maximum absolute atomic E-state index is 13.5. The van der Waals surface area contributed by atoms with Gasteiger partial charge < -0.3 is 45.1 Å². The molecule has 0 aromatic rings. The molecule has 492 valence electrons. The minimum Gasteiger partial charge on any atom is -0.454 e. The van der Waals surface area contributed by atoms with Crippen LogP contribution in [0, 0.1) is 0 Å². The summed E-state index contributed by atoms with van der Waals surface area (Å²) < 4.78 is 17.6. The van der Waals surface area contributed by atoms with Crippen molar-refractivity contribution < 1.29 is 49.3 Å². The number of allylic oxidation sites excluding steroid dienone is 13. The lowest BCUT2D eigenvalue weighted by Crippen LogP contribution is -2.61. The lowest BCUT2D eigenvalue weighted by Gasteiger charge is -2.41. The van der Waals surface area contributed by atoms with E-state index in [0.29, 0.717) is 19.3 Å². The zero-order valence-corrected chi connectivity index (χ0v) is 54.7. The molecule has 0 bridgehead atoms. The van der Waals surface area contributed by atoms with Crippen LogP contribution in [0.5, 0.6) is 0 Å². The average Bonchev–Trinajstić information content (AvgIpc) is 2.90. The van der Waals surface area contributed by atoms with Crippen molar-refractivity contribution in [2.24, 2.45) is 0 Å². The predicted octanol–water partition coefficient (Wildman–Crippen LogP) is 18.1. The van der Waals surface area contributed by atoms with Crippen LogP contribution in [-0.2, 0) is 23.8 Å². The van der Waals surface area contributed by atoms with Crippen LogP contribution in [0.4, 0.5) is 0 Å². The van der Waals surface area contributed by atoms with E-state index in [1.165, 1.54) is 180 Å². The minimum atomic E-state index is -1.65. The largest absolute Gasteiger partial charge is 0.454 e. The summed E-state index contributed by atoms with van der Waals surface area (Å²) in [6.07, 6.45) is 70.9. The Morgan fingerprint density at radius 1 is 0.471 bits per heavy atom. The fourth-order valence-corrected chi connectivity index (χ4v) is 10.8. The number of unbranched alkanes of at least 4 members (excludes halogenated alkanes) is 34. The van der Waals surface area contributed by atoms with Crippen LogP contribution in [0.15, 0.2) is 85.1 Å². The molecule has 6 N–H and O–H groups in total. The standard InChI is InChI=1S/C74H131NO10/c1-4-7-10-13-16-19-22-24-26-28-30-31-32-33-34-35-36-38-39-41-43-46-49-52-55-58-61-67(78)73(82)75-65(66(77)60-57-54-51-48-45-21-18-15-12-9-6-3)64-83-74-72(71(81)70(80)68(63-76)84-74)85-69(79)62-59-56-53-50-47-44-42-40-37-29-27-25-23-20-17-14-11-8-5-2/h8,11,17,20,25,27,37,40,44,47,53,56-57,60,65-68,70-72,74,76-78,80-81H,4-7,9-10,12-16,18-19,21-24,26,28-36,38-39,41-43,45-46,48-52,54-55,58-59,61-64H2,1-3H3,(H,75,82)/b11-8-,20-17-,27-25-,40-37-,47-44-,56-53-,60-57+. The van der Waals surface area contributed by atoms with Crippen LogP contribution < -0.4 is 5.32 Å². The van der Waals surface area contributed by atoms with E-state index in [1.807, 2.05) is 18.2 Å². The molecule has 1 fully saturated rings. The molecular formula is C74H131NO10. The molecule has 11 heteroatoms. The Morgan fingerprint density at radius 2 is 0.847 bits per heavy atom. The number of carbonyl (C=O) groups is 2. The first-order valence-corrected chi connectivity index (χ1v) is 35.4. The third-order valence-electron chi connectivity index (χ3n) is 16.3. The molecule has 1 amide bonds. The minimum absolute atomic E-state index is 0.00363. The Kier molecular flexibility index (Phi) is 57.4. The van der Waals surface area contributed by atoms with Gasteiger partial charge in [-0.1, -0.05) is 324 Å². The third-order valence-corrected chi connectivity index (χ3v) is 16.3. The molecule has 85 heavy (non-hydrogen) atoms. The lowest BCUT2D eigenvalue weighted by atomic mass is 9.99. The van der Waals surface area contributed by atoms with Crippen molar-refractivity contribution in [2.75, 3.05) is 13.2 Å². The number of hydrogen-bond acceptors (Lipinski definition) is 10. The summed E-state index contributed by atoms with van der Waals surface area (Å²) in [6, 6.07) is -1.04. The summed E-state index contributed by atoms with van der Waals surface area (Å²) in [5, 5.41) is 57.1. The molecule has 8 atom stereocenters. The molecule has 1 aliphatic heterocycles. The van der Waals surface area contributed by atoms with Crippen LogP contribution in [0.25, 0.3) is 0 Å². The second-order valence-corrected chi connectivity index (χ2v) is 24.2. The summed E-state index contributed by atoms with van der Waals surface area (Å²) in [4.78, 5) is 26.6. The number of aliphatic hydroxyl groups excluding tert-OH is 5. The second kappa shape index (κ2) is 61.1. The van der Waals surface area contributed by atoms with E-state index in [0.717, 1.165) is 77.0 Å². The van der Waals surface area contributed by atoms with Crippen molar-refractivity contribution in [3.8, 4) is 0 Å². The molecule has 0 saturated carbocycles. The summed E-state index contributed by atoms with van der Waals surface area (Å²) in [7, 11) is 0. The van der Waals surface area contributed by atoms with E-state index >= 15 is 0 Å². The van der Waals surface area contributed by atoms with E-state index < -0.39 is 67.4 Å². The summed E-state index contributed by atoms with van der Waals surface area (Å²) in [5.41, 5.74) is 0. The first kappa shape index (κ1) is 79.9. The number of esters is 1. The Bertz CT molecular complexity index is 1710. The number of ether oxygens (including phenoxy) is 3. The Labute approximate surface area is 521 Å². The maximum Gasteiger partial charge on any atom is 0.306 e. The molecule has 1 saturated heterocycles. The molecule has 0 spiro atoms. The Morgan fingerprint density at radius 3 is 1.25 bits per heavy atom. The van der Waals surface area contributed by atoms with Crippen LogP contribution in [0.2, 0.25) is 0 Å². The Balaban J connectivity index is 2.57. The molecule has 0 aromatic heterocycles. The Hall–Kier alpha value is -3.16. The van der Waals surface area contributed by atoms with Crippen LogP contribution >= 0.6 is 0 Å². The number of carbonyl (C=O) groups excluding carboxylic acids is 2. The SMILES string of the molecule is CC/C=C\C/C=C\C/C=C\C/C=C\C/C=C\C/C=C\CCC(=O)OC1C(OCC(NC(=O)C(O)CCCCCCCCCCCCCCCCCCCCCCCCCCCC)C(O)/C=C/CCCCCCCCCCC)OC(CO)C(O)C1O. The monoisotopic (exact) mass is 1190 g/mol. The van der Waals surface area contributed by atoms with Gasteiger partial charge in [0.1, 0.15) is 24.4 Å². The van der Waals surface area contributed by atoms with Gasteiger partial charge in [0, 0.05) is 6.42 Å². The highest BCUT2D eigenvalue weighted by molar-refractivity contribution is 5.80. The van der Waals surface area contributed by atoms with Gasteiger partial charge in [0.25, 0.3) is 0 Å². The van der Waals surface area contributed by atoms with Gasteiger partial charge in [-0.05, 0) is 64.2 Å². The van der Waals surface area contributed by atoms with Crippen molar-refractivity contribution in [1.82, 2.24) is 5.32 Å². The van der Waals surface area contributed by atoms with Crippen molar-refractivity contribution in [1.29, 1.82) is 0 Å². The van der Waals surface area contributed by atoms with Crippen molar-refractivity contribution in [2.45, 2.75) is 359 Å². The fourth-order valence-electron chi connectivity index (χ4n) is 10.8. The molecule has 0 radical (unpaired) electrons. The summed E-state index contributed by atoms with van der Waals surface area (Å²) in [6.45, 7) is 5.66. The van der Waals surface area contributed by atoms with Crippen molar-refractivity contribution >= 4 is 11.9 Å². The van der Waals surface area contributed by atoms with E-state index in [2.05, 4.69) is 86.8 Å². The molecule has 1 aliphatic rings. The summed E-state index contributed by atoms with van der Waals surface area (Å²) >= 11 is 0. The van der Waals surface area contributed by atoms with E-state index in [-0.39, 0.29) is 19.4 Å². The zero-order chi connectivity index (χ0) is 61.7. The molecule has 1 heterocycles. The number of nitrogens with one attached hydrogen (secondary N) is 1. The maximum atomic E-state index is 13.5. The van der Waals surface area contributed by atoms with Gasteiger partial charge in [-0.2, -0.15) is 0 Å². The number of rotatable bonds is 60.